The number of hydrogen-bond donors (Lipinski definition) is 1. The lowest BCUT2D eigenvalue weighted by molar-refractivity contribution is -0.137. The van der Waals surface area contributed by atoms with Gasteiger partial charge in [-0.25, -0.2) is 0 Å². The van der Waals surface area contributed by atoms with Crippen molar-refractivity contribution in [3.05, 3.63) is 35.4 Å². The predicted octanol–water partition coefficient (Wildman–Crippen LogP) is 3.99. The molecule has 0 spiro atoms. The molecular weight excluding hydrogens is 203 g/mol. The van der Waals surface area contributed by atoms with E-state index in [1.165, 1.54) is 12.1 Å². The first-order valence-corrected chi connectivity index (χ1v) is 4.65. The summed E-state index contributed by atoms with van der Waals surface area (Å²) in [5.74, 6) is 0.885. The zero-order valence-corrected chi connectivity index (χ0v) is 8.51. The first-order chi connectivity index (χ1) is 6.48. The van der Waals surface area contributed by atoms with E-state index in [9.17, 15) is 13.2 Å². The Balaban J connectivity index is 0.00000112. The van der Waals surface area contributed by atoms with Gasteiger partial charge in [0.25, 0.3) is 0 Å². The van der Waals surface area contributed by atoms with Crippen LogP contribution in [0.4, 0.5) is 13.2 Å². The molecule has 15 heavy (non-hydrogen) atoms. The van der Waals surface area contributed by atoms with E-state index < -0.39 is 11.7 Å². The molecule has 1 fully saturated rings. The first kappa shape index (κ1) is 12.0. The summed E-state index contributed by atoms with van der Waals surface area (Å²) in [6, 6.07) is 5.66. The maximum absolute atomic E-state index is 12.3. The molecule has 1 aromatic carbocycles. The standard InChI is InChI=1S/C11H11F3.H3N/c1-7-5-10(7)8-3-2-4-9(6-8)11(12,13)14;/h2-4,6-7,10H,5H2,1H3;1H3. The summed E-state index contributed by atoms with van der Waals surface area (Å²) in [4.78, 5) is 0. The fourth-order valence-electron chi connectivity index (χ4n) is 1.73. The zero-order valence-electron chi connectivity index (χ0n) is 8.51. The lowest BCUT2D eigenvalue weighted by Gasteiger charge is -2.07. The monoisotopic (exact) mass is 217 g/mol. The van der Waals surface area contributed by atoms with Crippen LogP contribution in [0.2, 0.25) is 0 Å². The second-order valence-electron chi connectivity index (χ2n) is 3.94. The topological polar surface area (TPSA) is 35.0 Å². The van der Waals surface area contributed by atoms with E-state index in [2.05, 4.69) is 6.92 Å². The SMILES string of the molecule is CC1CC1c1cccc(C(F)(F)F)c1.N. The molecule has 0 saturated heterocycles. The minimum absolute atomic E-state index is 0. The minimum atomic E-state index is -4.21. The maximum Gasteiger partial charge on any atom is 0.416 e. The van der Waals surface area contributed by atoms with Crippen molar-refractivity contribution in [3.8, 4) is 0 Å². The number of alkyl halides is 3. The highest BCUT2D eigenvalue weighted by molar-refractivity contribution is 5.31. The second kappa shape index (κ2) is 3.85. The molecular formula is C11H14F3N. The van der Waals surface area contributed by atoms with Gasteiger partial charge < -0.3 is 6.15 Å². The van der Waals surface area contributed by atoms with Crippen LogP contribution in [0, 0.1) is 5.92 Å². The highest BCUT2D eigenvalue weighted by Gasteiger charge is 2.36. The van der Waals surface area contributed by atoms with Crippen molar-refractivity contribution in [1.29, 1.82) is 0 Å². The first-order valence-electron chi connectivity index (χ1n) is 4.65. The normalized spacial score (nSPS) is 24.5. The fraction of sp³-hybridized carbons (Fsp3) is 0.455. The van der Waals surface area contributed by atoms with Gasteiger partial charge in [0.15, 0.2) is 0 Å². The summed E-state index contributed by atoms with van der Waals surface area (Å²) in [7, 11) is 0. The van der Waals surface area contributed by atoms with E-state index in [1.54, 1.807) is 6.07 Å². The third kappa shape index (κ3) is 2.50. The van der Waals surface area contributed by atoms with Gasteiger partial charge in [0.2, 0.25) is 0 Å². The van der Waals surface area contributed by atoms with Crippen LogP contribution in [-0.4, -0.2) is 0 Å². The van der Waals surface area contributed by atoms with E-state index in [0.717, 1.165) is 18.1 Å². The number of halogens is 3. The molecule has 1 aliphatic rings. The van der Waals surface area contributed by atoms with Crippen LogP contribution >= 0.6 is 0 Å². The Bertz CT molecular complexity index is 346. The lowest BCUT2D eigenvalue weighted by atomic mass is 10.1. The van der Waals surface area contributed by atoms with E-state index in [4.69, 9.17) is 0 Å². The van der Waals surface area contributed by atoms with E-state index in [1.807, 2.05) is 0 Å². The van der Waals surface area contributed by atoms with E-state index in [-0.39, 0.29) is 6.15 Å². The summed E-state index contributed by atoms with van der Waals surface area (Å²) >= 11 is 0. The molecule has 2 rings (SSSR count). The molecule has 84 valence electrons. The average molecular weight is 217 g/mol. The van der Waals surface area contributed by atoms with Crippen LogP contribution in [0.25, 0.3) is 0 Å². The Kier molecular flexibility index (Phi) is 3.09. The Morgan fingerprint density at radius 2 is 1.87 bits per heavy atom. The molecule has 0 aromatic heterocycles. The average Bonchev–Trinajstić information content (AvgIpc) is 2.82. The van der Waals surface area contributed by atoms with Crippen molar-refractivity contribution in [2.24, 2.45) is 5.92 Å². The number of hydrogen-bond acceptors (Lipinski definition) is 1. The van der Waals surface area contributed by atoms with Gasteiger partial charge in [-0.1, -0.05) is 25.1 Å². The highest BCUT2D eigenvalue weighted by atomic mass is 19.4. The van der Waals surface area contributed by atoms with Crippen molar-refractivity contribution in [3.63, 3.8) is 0 Å². The van der Waals surface area contributed by atoms with Crippen molar-refractivity contribution in [2.45, 2.75) is 25.4 Å². The molecule has 1 aliphatic carbocycles. The Morgan fingerprint density at radius 1 is 1.27 bits per heavy atom. The summed E-state index contributed by atoms with van der Waals surface area (Å²) in [5, 5.41) is 0. The van der Waals surface area contributed by atoms with Gasteiger partial charge in [0.1, 0.15) is 0 Å². The molecule has 0 amide bonds. The third-order valence-electron chi connectivity index (χ3n) is 2.75. The van der Waals surface area contributed by atoms with Crippen LogP contribution < -0.4 is 6.15 Å². The second-order valence-corrected chi connectivity index (χ2v) is 3.94. The summed E-state index contributed by atoms with van der Waals surface area (Å²) in [6.07, 6.45) is -3.20. The third-order valence-corrected chi connectivity index (χ3v) is 2.75. The van der Waals surface area contributed by atoms with Crippen LogP contribution in [-0.2, 0) is 6.18 Å². The Hall–Kier alpha value is -1.03. The number of benzene rings is 1. The van der Waals surface area contributed by atoms with Crippen molar-refractivity contribution >= 4 is 0 Å². The molecule has 2 unspecified atom stereocenters. The molecule has 0 heterocycles. The fourth-order valence-corrected chi connectivity index (χ4v) is 1.73. The summed E-state index contributed by atoms with van der Waals surface area (Å²) in [5.41, 5.74) is 0.293. The van der Waals surface area contributed by atoms with E-state index in [0.29, 0.717) is 11.8 Å². The Morgan fingerprint density at radius 3 is 2.33 bits per heavy atom. The molecule has 1 nitrogen and oxygen atoms in total. The predicted molar refractivity (Wildman–Crippen MR) is 53.0 cm³/mol. The molecule has 0 bridgehead atoms. The van der Waals surface area contributed by atoms with Crippen molar-refractivity contribution in [1.82, 2.24) is 6.15 Å². The van der Waals surface area contributed by atoms with Gasteiger partial charge in [-0.2, -0.15) is 13.2 Å². The van der Waals surface area contributed by atoms with Gasteiger partial charge in [-0.3, -0.25) is 0 Å². The summed E-state index contributed by atoms with van der Waals surface area (Å²) in [6.45, 7) is 2.06. The van der Waals surface area contributed by atoms with Gasteiger partial charge in [-0.05, 0) is 29.9 Å². The van der Waals surface area contributed by atoms with Gasteiger partial charge in [-0.15, -0.1) is 0 Å². The van der Waals surface area contributed by atoms with Gasteiger partial charge >= 0.3 is 6.18 Å². The van der Waals surface area contributed by atoms with Crippen LogP contribution in [0.3, 0.4) is 0 Å². The van der Waals surface area contributed by atoms with Crippen molar-refractivity contribution < 1.29 is 13.2 Å². The lowest BCUT2D eigenvalue weighted by Crippen LogP contribution is -2.04. The summed E-state index contributed by atoms with van der Waals surface area (Å²) < 4.78 is 37.0. The zero-order chi connectivity index (χ0) is 10.3. The van der Waals surface area contributed by atoms with Gasteiger partial charge in [0, 0.05) is 0 Å². The van der Waals surface area contributed by atoms with E-state index >= 15 is 0 Å². The molecule has 1 saturated carbocycles. The molecule has 0 radical (unpaired) electrons. The molecule has 4 heteroatoms. The molecule has 2 atom stereocenters. The smallest absolute Gasteiger partial charge is 0.344 e. The number of rotatable bonds is 1. The van der Waals surface area contributed by atoms with Crippen molar-refractivity contribution in [2.75, 3.05) is 0 Å². The molecule has 1 aromatic rings. The van der Waals surface area contributed by atoms with Crippen LogP contribution in [0.5, 0.6) is 0 Å². The largest absolute Gasteiger partial charge is 0.416 e. The quantitative estimate of drug-likeness (QED) is 0.758. The molecule has 0 aliphatic heterocycles. The maximum atomic E-state index is 12.3. The minimum Gasteiger partial charge on any atom is -0.344 e. The Labute approximate surface area is 86.9 Å². The van der Waals surface area contributed by atoms with Crippen LogP contribution in [0.1, 0.15) is 30.4 Å². The van der Waals surface area contributed by atoms with Gasteiger partial charge in [0.05, 0.1) is 5.56 Å². The highest BCUT2D eigenvalue weighted by Crippen LogP contribution is 2.47. The van der Waals surface area contributed by atoms with Crippen LogP contribution in [0.15, 0.2) is 24.3 Å². The molecule has 3 N–H and O–H groups in total.